The number of carbonyl (C=O) groups excluding carboxylic acids is 1. The maximum Gasteiger partial charge on any atom is 0.436 e. The molecule has 0 aromatic carbocycles. The molecule has 1 rings (SSSR count). The van der Waals surface area contributed by atoms with Gasteiger partial charge in [-0.2, -0.15) is 18.3 Å². The Morgan fingerprint density at radius 1 is 1.32 bits per heavy atom. The highest BCUT2D eigenvalue weighted by atomic mass is 79.9. The van der Waals surface area contributed by atoms with Crippen LogP contribution in [0.15, 0.2) is 4.47 Å². The van der Waals surface area contributed by atoms with Crippen molar-refractivity contribution >= 4 is 30.5 Å². The van der Waals surface area contributed by atoms with Gasteiger partial charge >= 0.3 is 6.18 Å². The van der Waals surface area contributed by atoms with Gasteiger partial charge in [0.15, 0.2) is 20.3 Å². The second-order valence-corrected chi connectivity index (χ2v) is 12.1. The first-order chi connectivity index (χ1) is 9.81. The minimum Gasteiger partial charge on any atom is -0.415 e. The summed E-state index contributed by atoms with van der Waals surface area (Å²) in [6, 6.07) is 0. The average Bonchev–Trinajstić information content (AvgIpc) is 2.63. The highest BCUT2D eigenvalue weighted by Gasteiger charge is 2.39. The lowest BCUT2D eigenvalue weighted by molar-refractivity contribution is -0.142. The molecule has 0 N–H and O–H groups in total. The van der Waals surface area contributed by atoms with Crippen molar-refractivity contribution in [1.29, 1.82) is 0 Å². The smallest absolute Gasteiger partial charge is 0.415 e. The molecule has 0 saturated heterocycles. The lowest BCUT2D eigenvalue weighted by Crippen LogP contribution is -2.41. The quantitative estimate of drug-likeness (QED) is 0.539. The first kappa shape index (κ1) is 19.4. The molecule has 0 aliphatic rings. The molecule has 22 heavy (non-hydrogen) atoms. The summed E-state index contributed by atoms with van der Waals surface area (Å²) in [6.07, 6.45) is -4.25. The summed E-state index contributed by atoms with van der Waals surface area (Å²) < 4.78 is 45.0. The molecule has 0 aliphatic carbocycles. The number of carbonyl (C=O) groups is 1. The predicted octanol–water partition coefficient (Wildman–Crippen LogP) is 4.50. The summed E-state index contributed by atoms with van der Waals surface area (Å²) in [5, 5.41) is 3.48. The first-order valence-corrected chi connectivity index (χ1v) is 10.4. The van der Waals surface area contributed by atoms with Crippen LogP contribution in [0.3, 0.4) is 0 Å². The van der Waals surface area contributed by atoms with Crippen LogP contribution < -0.4 is 0 Å². The Labute approximate surface area is 137 Å². The summed E-state index contributed by atoms with van der Waals surface area (Å²) in [7, 11) is -1.99. The molecule has 0 atom stereocenters. The molecule has 0 spiro atoms. The van der Waals surface area contributed by atoms with E-state index >= 15 is 0 Å². The number of aromatic nitrogens is 2. The number of alkyl halides is 3. The zero-order valence-electron chi connectivity index (χ0n) is 13.2. The van der Waals surface area contributed by atoms with Crippen molar-refractivity contribution in [3.05, 3.63) is 15.9 Å². The third-order valence-electron chi connectivity index (χ3n) is 3.88. The van der Waals surface area contributed by atoms with Crippen LogP contribution >= 0.6 is 15.9 Å². The Morgan fingerprint density at radius 3 is 2.27 bits per heavy atom. The van der Waals surface area contributed by atoms with E-state index in [2.05, 4.69) is 41.8 Å². The monoisotopic (exact) mass is 400 g/mol. The van der Waals surface area contributed by atoms with Crippen LogP contribution in [-0.2, 0) is 17.1 Å². The Morgan fingerprint density at radius 2 is 1.86 bits per heavy atom. The molecular weight excluding hydrogens is 381 g/mol. The lowest BCUT2D eigenvalue weighted by Gasteiger charge is -2.36. The third kappa shape index (κ3) is 4.20. The van der Waals surface area contributed by atoms with E-state index in [9.17, 15) is 18.0 Å². The molecule has 0 bridgehead atoms. The Kier molecular flexibility index (Phi) is 5.67. The molecule has 4 nitrogen and oxygen atoms in total. The zero-order chi connectivity index (χ0) is 17.3. The zero-order valence-corrected chi connectivity index (χ0v) is 15.8. The molecule has 0 aliphatic heterocycles. The molecule has 9 heteroatoms. The largest absolute Gasteiger partial charge is 0.436 e. The summed E-state index contributed by atoms with van der Waals surface area (Å²) in [4.78, 5) is 11.0. The van der Waals surface area contributed by atoms with Crippen molar-refractivity contribution < 1.29 is 22.4 Å². The summed E-state index contributed by atoms with van der Waals surface area (Å²) in [6.45, 7) is 10.6. The topological polar surface area (TPSA) is 44.1 Å². The number of hydrogen-bond acceptors (Lipinski definition) is 3. The Hall–Kier alpha value is -0.673. The van der Waals surface area contributed by atoms with Crippen molar-refractivity contribution in [2.75, 3.05) is 6.61 Å². The fourth-order valence-electron chi connectivity index (χ4n) is 1.52. The van der Waals surface area contributed by atoms with Gasteiger partial charge in [-0.3, -0.25) is 9.48 Å². The fraction of sp³-hybridized carbons (Fsp3) is 0.692. The van der Waals surface area contributed by atoms with E-state index in [0.717, 1.165) is 4.68 Å². The summed E-state index contributed by atoms with van der Waals surface area (Å²) in [5.74, 6) is 0. The number of nitrogens with zero attached hydrogens (tertiary/aromatic N) is 2. The number of aldehydes is 1. The van der Waals surface area contributed by atoms with E-state index in [4.69, 9.17) is 4.43 Å². The van der Waals surface area contributed by atoms with Gasteiger partial charge in [-0.25, -0.2) is 0 Å². The first-order valence-electron chi connectivity index (χ1n) is 6.74. The van der Waals surface area contributed by atoms with E-state index in [1.165, 1.54) is 0 Å². The van der Waals surface area contributed by atoms with Gasteiger partial charge in [0.05, 0.1) is 17.6 Å². The second kappa shape index (κ2) is 6.44. The van der Waals surface area contributed by atoms with Crippen LogP contribution in [0.25, 0.3) is 0 Å². The Balaban J connectivity index is 2.90. The maximum absolute atomic E-state index is 12.8. The van der Waals surface area contributed by atoms with Crippen LogP contribution in [0.2, 0.25) is 18.1 Å². The van der Waals surface area contributed by atoms with Crippen molar-refractivity contribution in [2.45, 2.75) is 51.6 Å². The van der Waals surface area contributed by atoms with Crippen LogP contribution in [0, 0.1) is 0 Å². The number of halogens is 4. The van der Waals surface area contributed by atoms with E-state index in [-0.39, 0.29) is 28.4 Å². The molecule has 1 heterocycles. The molecule has 0 saturated carbocycles. The summed E-state index contributed by atoms with van der Waals surface area (Å²) >= 11 is 2.79. The maximum atomic E-state index is 12.8. The summed E-state index contributed by atoms with van der Waals surface area (Å²) in [5.41, 5.74) is -1.23. The van der Waals surface area contributed by atoms with Crippen LogP contribution in [0.1, 0.15) is 37.0 Å². The van der Waals surface area contributed by atoms with Crippen molar-refractivity contribution in [3.63, 3.8) is 0 Å². The van der Waals surface area contributed by atoms with Gasteiger partial charge in [-0.05, 0) is 34.1 Å². The lowest BCUT2D eigenvalue weighted by atomic mass is 10.2. The van der Waals surface area contributed by atoms with E-state index in [1.807, 2.05) is 13.1 Å². The number of rotatable bonds is 5. The predicted molar refractivity (Wildman–Crippen MR) is 83.5 cm³/mol. The SMILES string of the molecule is CC(C)(C)[Si](C)(C)OCCn1nc(C(F)(F)F)c(Br)c1C=O. The van der Waals surface area contributed by atoms with Crippen molar-refractivity contribution in [1.82, 2.24) is 9.78 Å². The van der Waals surface area contributed by atoms with Crippen molar-refractivity contribution in [2.24, 2.45) is 0 Å². The highest BCUT2D eigenvalue weighted by Crippen LogP contribution is 2.37. The van der Waals surface area contributed by atoms with Gasteiger partial charge in [0.25, 0.3) is 0 Å². The molecule has 0 unspecified atom stereocenters. The normalized spacial score (nSPS) is 13.5. The fourth-order valence-corrected chi connectivity index (χ4v) is 3.16. The van der Waals surface area contributed by atoms with E-state index in [1.54, 1.807) is 0 Å². The molecule has 1 aromatic heterocycles. The molecular formula is C13H20BrF3N2O2Si. The number of hydrogen-bond donors (Lipinski definition) is 0. The Bertz CT molecular complexity index is 551. The minimum atomic E-state index is -4.61. The third-order valence-corrected chi connectivity index (χ3v) is 9.20. The van der Waals surface area contributed by atoms with E-state index in [0.29, 0.717) is 6.29 Å². The van der Waals surface area contributed by atoms with E-state index < -0.39 is 20.2 Å². The van der Waals surface area contributed by atoms with Crippen LogP contribution in [0.4, 0.5) is 13.2 Å². The molecule has 0 radical (unpaired) electrons. The minimum absolute atomic E-state index is 0.00230. The molecule has 1 aromatic rings. The second-order valence-electron chi connectivity index (χ2n) is 6.50. The molecule has 126 valence electrons. The highest BCUT2D eigenvalue weighted by molar-refractivity contribution is 9.10. The average molecular weight is 401 g/mol. The van der Waals surface area contributed by atoms with Gasteiger partial charge < -0.3 is 4.43 Å². The van der Waals surface area contributed by atoms with Crippen molar-refractivity contribution in [3.8, 4) is 0 Å². The van der Waals surface area contributed by atoms with Gasteiger partial charge in [0.1, 0.15) is 5.69 Å². The van der Waals surface area contributed by atoms with Gasteiger partial charge in [0, 0.05) is 0 Å². The van der Waals surface area contributed by atoms with Crippen LogP contribution in [0.5, 0.6) is 0 Å². The van der Waals surface area contributed by atoms with Gasteiger partial charge in [-0.1, -0.05) is 20.8 Å². The molecule has 0 fully saturated rings. The van der Waals surface area contributed by atoms with Gasteiger partial charge in [-0.15, -0.1) is 0 Å². The van der Waals surface area contributed by atoms with Gasteiger partial charge in [0.2, 0.25) is 0 Å². The van der Waals surface area contributed by atoms with Crippen LogP contribution in [-0.4, -0.2) is 31.0 Å². The molecule has 0 amide bonds. The standard InChI is InChI=1S/C13H20BrF3N2O2Si/c1-12(2,3)22(4,5)21-7-6-19-9(8-20)10(14)11(18-19)13(15,16)17/h8H,6-7H2,1-5H3.